The molecule has 1 aromatic rings. The van der Waals surface area contributed by atoms with Gasteiger partial charge in [-0.15, -0.1) is 0 Å². The third kappa shape index (κ3) is 4.51. The second kappa shape index (κ2) is 5.92. The van der Waals surface area contributed by atoms with Crippen LogP contribution >= 0.6 is 0 Å². The lowest BCUT2D eigenvalue weighted by atomic mass is 9.82. The molecule has 0 bridgehead atoms. The van der Waals surface area contributed by atoms with Crippen LogP contribution in [0.25, 0.3) is 0 Å². The van der Waals surface area contributed by atoms with E-state index >= 15 is 0 Å². The molecule has 0 radical (unpaired) electrons. The second-order valence-corrected chi connectivity index (χ2v) is 5.60. The minimum Gasteiger partial charge on any atom is -0.395 e. The maximum atomic E-state index is 12.7. The van der Waals surface area contributed by atoms with Gasteiger partial charge in [0.2, 0.25) is 0 Å². The fraction of sp³-hybridized carbons (Fsp3) is 0.571. The summed E-state index contributed by atoms with van der Waals surface area (Å²) in [6, 6.07) is 5.07. The molecule has 108 valence electrons. The van der Waals surface area contributed by atoms with Crippen molar-refractivity contribution >= 4 is 0 Å². The summed E-state index contributed by atoms with van der Waals surface area (Å²) in [6.45, 7) is 6.14. The van der Waals surface area contributed by atoms with E-state index in [1.54, 1.807) is 6.07 Å². The smallest absolute Gasteiger partial charge is 0.395 e. The SMILES string of the molecule is CC(C)(C)C(NCCO)c1cccc(C(F)(F)F)c1. The molecule has 2 nitrogen and oxygen atoms in total. The summed E-state index contributed by atoms with van der Waals surface area (Å²) in [6.07, 6.45) is -4.34. The fourth-order valence-electron chi connectivity index (χ4n) is 2.03. The first kappa shape index (κ1) is 16.0. The van der Waals surface area contributed by atoms with Crippen molar-refractivity contribution in [2.75, 3.05) is 13.2 Å². The summed E-state index contributed by atoms with van der Waals surface area (Å²) >= 11 is 0. The van der Waals surface area contributed by atoms with Gasteiger partial charge in [0.1, 0.15) is 0 Å². The van der Waals surface area contributed by atoms with Gasteiger partial charge in [-0.05, 0) is 23.1 Å². The Morgan fingerprint density at radius 1 is 1.21 bits per heavy atom. The van der Waals surface area contributed by atoms with E-state index in [4.69, 9.17) is 5.11 Å². The van der Waals surface area contributed by atoms with Gasteiger partial charge in [0.25, 0.3) is 0 Å². The van der Waals surface area contributed by atoms with Crippen LogP contribution in [0.3, 0.4) is 0 Å². The first-order chi connectivity index (χ1) is 8.66. The lowest BCUT2D eigenvalue weighted by molar-refractivity contribution is -0.137. The molecule has 0 amide bonds. The molecule has 1 aromatic carbocycles. The molecule has 0 aromatic heterocycles. The van der Waals surface area contributed by atoms with Crippen molar-refractivity contribution in [3.8, 4) is 0 Å². The Kier molecular flexibility index (Phi) is 4.98. The minimum absolute atomic E-state index is 0.0501. The molecule has 5 heteroatoms. The maximum Gasteiger partial charge on any atom is 0.416 e. The Bertz CT molecular complexity index is 410. The van der Waals surface area contributed by atoms with E-state index in [2.05, 4.69) is 5.32 Å². The zero-order valence-corrected chi connectivity index (χ0v) is 11.4. The summed E-state index contributed by atoms with van der Waals surface area (Å²) in [5, 5.41) is 12.0. The van der Waals surface area contributed by atoms with Crippen molar-refractivity contribution in [2.45, 2.75) is 33.0 Å². The normalized spacial score (nSPS) is 14.5. The van der Waals surface area contributed by atoms with E-state index in [1.165, 1.54) is 12.1 Å². The number of benzene rings is 1. The fourth-order valence-corrected chi connectivity index (χ4v) is 2.03. The predicted molar refractivity (Wildman–Crippen MR) is 68.7 cm³/mol. The van der Waals surface area contributed by atoms with Crippen LogP contribution in [0.2, 0.25) is 0 Å². The molecule has 0 heterocycles. The topological polar surface area (TPSA) is 32.3 Å². The predicted octanol–water partition coefficient (Wildman–Crippen LogP) is 3.37. The molecule has 2 N–H and O–H groups in total. The molecule has 19 heavy (non-hydrogen) atoms. The third-order valence-corrected chi connectivity index (χ3v) is 2.87. The molecule has 1 rings (SSSR count). The quantitative estimate of drug-likeness (QED) is 0.883. The van der Waals surface area contributed by atoms with E-state index < -0.39 is 11.7 Å². The molecular weight excluding hydrogens is 255 g/mol. The van der Waals surface area contributed by atoms with Crippen LogP contribution in [0.4, 0.5) is 13.2 Å². The van der Waals surface area contributed by atoms with Crippen LogP contribution in [0.1, 0.15) is 37.9 Å². The number of alkyl halides is 3. The van der Waals surface area contributed by atoms with Crippen LogP contribution in [-0.4, -0.2) is 18.3 Å². The Labute approximate surface area is 111 Å². The van der Waals surface area contributed by atoms with Gasteiger partial charge >= 0.3 is 6.18 Å². The molecule has 1 atom stereocenters. The first-order valence-corrected chi connectivity index (χ1v) is 6.17. The standard InChI is InChI=1S/C14H20F3NO/c1-13(2,3)12(18-7-8-19)10-5-4-6-11(9-10)14(15,16)17/h4-6,9,12,18-19H,7-8H2,1-3H3. The molecule has 0 fully saturated rings. The monoisotopic (exact) mass is 275 g/mol. The van der Waals surface area contributed by atoms with Gasteiger partial charge < -0.3 is 10.4 Å². The van der Waals surface area contributed by atoms with E-state index in [1.807, 2.05) is 20.8 Å². The highest BCUT2D eigenvalue weighted by Crippen LogP contribution is 2.36. The number of aliphatic hydroxyl groups excluding tert-OH is 1. The Morgan fingerprint density at radius 2 is 1.84 bits per heavy atom. The number of hydrogen-bond acceptors (Lipinski definition) is 2. The summed E-state index contributed by atoms with van der Waals surface area (Å²) in [7, 11) is 0. The van der Waals surface area contributed by atoms with Crippen LogP contribution < -0.4 is 5.32 Å². The third-order valence-electron chi connectivity index (χ3n) is 2.87. The van der Waals surface area contributed by atoms with Gasteiger partial charge in [0, 0.05) is 12.6 Å². The largest absolute Gasteiger partial charge is 0.416 e. The molecule has 0 saturated carbocycles. The molecule has 0 aliphatic heterocycles. The van der Waals surface area contributed by atoms with Crippen molar-refractivity contribution in [1.29, 1.82) is 0 Å². The molecule has 0 aliphatic rings. The van der Waals surface area contributed by atoms with Gasteiger partial charge in [-0.1, -0.05) is 32.9 Å². The summed E-state index contributed by atoms with van der Waals surface area (Å²) in [5.74, 6) is 0. The van der Waals surface area contributed by atoms with Gasteiger partial charge in [0.05, 0.1) is 12.2 Å². The maximum absolute atomic E-state index is 12.7. The average Bonchev–Trinajstić information content (AvgIpc) is 2.27. The molecule has 1 unspecified atom stereocenters. The zero-order valence-electron chi connectivity index (χ0n) is 11.4. The van der Waals surface area contributed by atoms with E-state index in [-0.39, 0.29) is 18.1 Å². The number of nitrogens with one attached hydrogen (secondary N) is 1. The number of halogens is 3. The van der Waals surface area contributed by atoms with Gasteiger partial charge in [-0.25, -0.2) is 0 Å². The number of hydrogen-bond donors (Lipinski definition) is 2. The van der Waals surface area contributed by atoms with Crippen molar-refractivity contribution in [3.63, 3.8) is 0 Å². The highest BCUT2D eigenvalue weighted by molar-refractivity contribution is 5.29. The van der Waals surface area contributed by atoms with Crippen LogP contribution in [-0.2, 0) is 6.18 Å². The first-order valence-electron chi connectivity index (χ1n) is 6.17. The van der Waals surface area contributed by atoms with Gasteiger partial charge in [-0.3, -0.25) is 0 Å². The zero-order chi connectivity index (χ0) is 14.7. The van der Waals surface area contributed by atoms with Crippen molar-refractivity contribution in [1.82, 2.24) is 5.32 Å². The summed E-state index contributed by atoms with van der Waals surface area (Å²) < 4.78 is 38.2. The number of rotatable bonds is 4. The number of aliphatic hydroxyl groups is 1. The van der Waals surface area contributed by atoms with E-state index in [0.717, 1.165) is 6.07 Å². The van der Waals surface area contributed by atoms with E-state index in [9.17, 15) is 13.2 Å². The summed E-state index contributed by atoms with van der Waals surface area (Å²) in [5.41, 5.74) is -0.319. The van der Waals surface area contributed by atoms with Crippen LogP contribution in [0.5, 0.6) is 0 Å². The van der Waals surface area contributed by atoms with Gasteiger partial charge in [-0.2, -0.15) is 13.2 Å². The average molecular weight is 275 g/mol. The summed E-state index contributed by atoms with van der Waals surface area (Å²) in [4.78, 5) is 0. The van der Waals surface area contributed by atoms with Crippen molar-refractivity contribution in [2.24, 2.45) is 5.41 Å². The molecule has 0 spiro atoms. The van der Waals surface area contributed by atoms with Gasteiger partial charge in [0.15, 0.2) is 0 Å². The highest BCUT2D eigenvalue weighted by Gasteiger charge is 2.32. The highest BCUT2D eigenvalue weighted by atomic mass is 19.4. The second-order valence-electron chi connectivity index (χ2n) is 5.60. The minimum atomic E-state index is -4.34. The van der Waals surface area contributed by atoms with Crippen molar-refractivity contribution in [3.05, 3.63) is 35.4 Å². The Morgan fingerprint density at radius 3 is 2.32 bits per heavy atom. The van der Waals surface area contributed by atoms with Crippen LogP contribution in [0, 0.1) is 5.41 Å². The molecule has 0 saturated heterocycles. The lowest BCUT2D eigenvalue weighted by Gasteiger charge is -2.32. The Hall–Kier alpha value is -1.07. The lowest BCUT2D eigenvalue weighted by Crippen LogP contribution is -2.34. The van der Waals surface area contributed by atoms with E-state index in [0.29, 0.717) is 12.1 Å². The Balaban J connectivity index is 3.09. The molecule has 0 aliphatic carbocycles. The van der Waals surface area contributed by atoms with Crippen LogP contribution in [0.15, 0.2) is 24.3 Å². The molecular formula is C14H20F3NO. The van der Waals surface area contributed by atoms with Crippen molar-refractivity contribution < 1.29 is 18.3 Å².